The Morgan fingerprint density at radius 2 is 1.76 bits per heavy atom. The minimum absolute atomic E-state index is 0.121. The van der Waals surface area contributed by atoms with Crippen LogP contribution in [0, 0.1) is 5.92 Å². The van der Waals surface area contributed by atoms with E-state index in [-0.39, 0.29) is 11.4 Å². The van der Waals surface area contributed by atoms with Gasteiger partial charge in [-0.2, -0.15) is 0 Å². The Balaban J connectivity index is 2.28. The second kappa shape index (κ2) is 7.15. The molecule has 1 aliphatic rings. The smallest absolute Gasteiger partial charge is 0.358 e. The van der Waals surface area contributed by atoms with Crippen molar-refractivity contribution < 1.29 is 19.1 Å². The third-order valence-corrected chi connectivity index (χ3v) is 3.88. The maximum Gasteiger partial charge on any atom is 0.358 e. The lowest BCUT2D eigenvalue weighted by Crippen LogP contribution is -2.17. The Kier molecular flexibility index (Phi) is 5.25. The van der Waals surface area contributed by atoms with Gasteiger partial charge in [0.25, 0.3) is 0 Å². The Bertz CT molecular complexity index is 524. The number of hydrogen-bond donors (Lipinski definition) is 0. The van der Waals surface area contributed by atoms with Crippen LogP contribution in [0.5, 0.6) is 0 Å². The van der Waals surface area contributed by atoms with E-state index in [1.54, 1.807) is 6.07 Å². The van der Waals surface area contributed by atoms with Crippen molar-refractivity contribution in [2.75, 3.05) is 14.2 Å². The van der Waals surface area contributed by atoms with E-state index in [1.807, 2.05) is 0 Å². The first kappa shape index (κ1) is 15.4. The zero-order chi connectivity index (χ0) is 15.2. The molecular weight excluding hydrogens is 272 g/mol. The summed E-state index contributed by atoms with van der Waals surface area (Å²) < 4.78 is 9.39. The SMILES string of the molecule is COC(=O)c1cc(CC2CCCCC2)c(C(=O)OC)nn1. The summed E-state index contributed by atoms with van der Waals surface area (Å²) in [5, 5.41) is 7.61. The van der Waals surface area contributed by atoms with Crippen LogP contribution in [-0.2, 0) is 15.9 Å². The minimum Gasteiger partial charge on any atom is -0.464 e. The third-order valence-electron chi connectivity index (χ3n) is 3.88. The van der Waals surface area contributed by atoms with Gasteiger partial charge in [0.1, 0.15) is 0 Å². The van der Waals surface area contributed by atoms with E-state index >= 15 is 0 Å². The summed E-state index contributed by atoms with van der Waals surface area (Å²) in [5.41, 5.74) is 1.02. The van der Waals surface area contributed by atoms with Crippen molar-refractivity contribution in [2.45, 2.75) is 38.5 Å². The minimum atomic E-state index is -0.552. The van der Waals surface area contributed by atoms with Gasteiger partial charge in [-0.25, -0.2) is 9.59 Å². The molecule has 0 aliphatic heterocycles. The van der Waals surface area contributed by atoms with Crippen molar-refractivity contribution >= 4 is 11.9 Å². The van der Waals surface area contributed by atoms with Crippen molar-refractivity contribution in [3.63, 3.8) is 0 Å². The molecule has 1 aromatic heterocycles. The molecule has 6 nitrogen and oxygen atoms in total. The number of rotatable bonds is 4. The molecule has 0 bridgehead atoms. The molecule has 0 unspecified atom stereocenters. The molecule has 0 atom stereocenters. The van der Waals surface area contributed by atoms with Gasteiger partial charge in [-0.05, 0) is 24.0 Å². The third kappa shape index (κ3) is 3.77. The molecule has 2 rings (SSSR count). The lowest BCUT2D eigenvalue weighted by Gasteiger charge is -2.22. The van der Waals surface area contributed by atoms with Gasteiger partial charge in [-0.3, -0.25) is 0 Å². The van der Waals surface area contributed by atoms with Gasteiger partial charge in [0, 0.05) is 0 Å². The van der Waals surface area contributed by atoms with Crippen LogP contribution in [0.4, 0.5) is 0 Å². The molecular formula is C15H20N2O4. The van der Waals surface area contributed by atoms with Gasteiger partial charge in [0.2, 0.25) is 0 Å². The Hall–Kier alpha value is -1.98. The predicted octanol–water partition coefficient (Wildman–Crippen LogP) is 2.17. The molecule has 21 heavy (non-hydrogen) atoms. The van der Waals surface area contributed by atoms with Crippen LogP contribution < -0.4 is 0 Å². The molecule has 1 aliphatic carbocycles. The first-order valence-corrected chi connectivity index (χ1v) is 7.19. The summed E-state index contributed by atoms with van der Waals surface area (Å²) in [6.45, 7) is 0. The summed E-state index contributed by atoms with van der Waals surface area (Å²) in [7, 11) is 2.60. The highest BCUT2D eigenvalue weighted by atomic mass is 16.5. The molecule has 0 radical (unpaired) electrons. The summed E-state index contributed by atoms with van der Waals surface area (Å²) >= 11 is 0. The molecule has 1 fully saturated rings. The predicted molar refractivity (Wildman–Crippen MR) is 75.0 cm³/mol. The summed E-state index contributed by atoms with van der Waals surface area (Å²) in [6, 6.07) is 1.60. The molecule has 0 spiro atoms. The van der Waals surface area contributed by atoms with Crippen LogP contribution in [0.3, 0.4) is 0 Å². The van der Waals surface area contributed by atoms with Crippen molar-refractivity contribution in [2.24, 2.45) is 5.92 Å². The van der Waals surface area contributed by atoms with E-state index in [2.05, 4.69) is 14.9 Å². The number of carbonyl (C=O) groups is 2. The highest BCUT2D eigenvalue weighted by Crippen LogP contribution is 2.27. The van der Waals surface area contributed by atoms with E-state index < -0.39 is 11.9 Å². The van der Waals surface area contributed by atoms with Gasteiger partial charge in [0.05, 0.1) is 14.2 Å². The average molecular weight is 292 g/mol. The first-order valence-electron chi connectivity index (χ1n) is 7.19. The number of aromatic nitrogens is 2. The van der Waals surface area contributed by atoms with Gasteiger partial charge < -0.3 is 9.47 Å². The van der Waals surface area contributed by atoms with Crippen LogP contribution >= 0.6 is 0 Å². The molecule has 1 saturated carbocycles. The topological polar surface area (TPSA) is 78.4 Å². The molecule has 1 heterocycles. The first-order chi connectivity index (χ1) is 10.2. The molecule has 0 amide bonds. The molecule has 6 heteroatoms. The highest BCUT2D eigenvalue weighted by Gasteiger charge is 2.22. The van der Waals surface area contributed by atoms with Crippen LogP contribution in [0.15, 0.2) is 6.07 Å². The summed E-state index contributed by atoms with van der Waals surface area (Å²) in [5.74, 6) is -0.564. The van der Waals surface area contributed by atoms with E-state index in [9.17, 15) is 9.59 Å². The number of esters is 2. The fourth-order valence-corrected chi connectivity index (χ4v) is 2.76. The fraction of sp³-hybridized carbons (Fsp3) is 0.600. The molecule has 0 saturated heterocycles. The van der Waals surface area contributed by atoms with Gasteiger partial charge in [-0.1, -0.05) is 32.1 Å². The van der Waals surface area contributed by atoms with Gasteiger partial charge >= 0.3 is 11.9 Å². The number of hydrogen-bond acceptors (Lipinski definition) is 6. The van der Waals surface area contributed by atoms with Crippen molar-refractivity contribution in [3.8, 4) is 0 Å². The Morgan fingerprint density at radius 3 is 2.38 bits per heavy atom. The number of carbonyl (C=O) groups excluding carboxylic acids is 2. The Labute approximate surface area is 123 Å². The van der Waals surface area contributed by atoms with Crippen molar-refractivity contribution in [3.05, 3.63) is 23.0 Å². The summed E-state index contributed by atoms with van der Waals surface area (Å²) in [6.07, 6.45) is 6.67. The van der Waals surface area contributed by atoms with Crippen LogP contribution in [0.2, 0.25) is 0 Å². The zero-order valence-corrected chi connectivity index (χ0v) is 12.4. The van der Waals surface area contributed by atoms with E-state index in [1.165, 1.54) is 33.5 Å². The number of methoxy groups -OCH3 is 2. The molecule has 0 N–H and O–H groups in total. The monoisotopic (exact) mass is 292 g/mol. The van der Waals surface area contributed by atoms with E-state index in [0.29, 0.717) is 17.9 Å². The maximum atomic E-state index is 11.8. The molecule has 0 aromatic carbocycles. The van der Waals surface area contributed by atoms with Crippen LogP contribution in [0.1, 0.15) is 58.6 Å². The number of ether oxygens (including phenoxy) is 2. The second-order valence-electron chi connectivity index (χ2n) is 5.29. The normalized spacial score (nSPS) is 15.5. The van der Waals surface area contributed by atoms with Crippen LogP contribution in [-0.4, -0.2) is 36.4 Å². The van der Waals surface area contributed by atoms with E-state index in [4.69, 9.17) is 4.74 Å². The Morgan fingerprint density at radius 1 is 1.10 bits per heavy atom. The molecule has 114 valence electrons. The van der Waals surface area contributed by atoms with Gasteiger partial charge in [-0.15, -0.1) is 10.2 Å². The average Bonchev–Trinajstić information content (AvgIpc) is 2.54. The lowest BCUT2D eigenvalue weighted by molar-refractivity contribution is 0.0572. The standard InChI is InChI=1S/C15H20N2O4/c1-20-14(18)12-9-11(8-10-6-4-3-5-7-10)13(17-16-12)15(19)21-2/h9-10H,3-8H2,1-2H3. The number of nitrogens with zero attached hydrogens (tertiary/aromatic N) is 2. The van der Waals surface area contributed by atoms with Gasteiger partial charge in [0.15, 0.2) is 11.4 Å². The lowest BCUT2D eigenvalue weighted by atomic mass is 9.84. The fourth-order valence-electron chi connectivity index (χ4n) is 2.76. The second-order valence-corrected chi connectivity index (χ2v) is 5.29. The van der Waals surface area contributed by atoms with Crippen molar-refractivity contribution in [1.29, 1.82) is 0 Å². The largest absolute Gasteiger partial charge is 0.464 e. The zero-order valence-electron chi connectivity index (χ0n) is 12.4. The van der Waals surface area contributed by atoms with Crippen molar-refractivity contribution in [1.82, 2.24) is 10.2 Å². The quantitative estimate of drug-likeness (QED) is 0.791. The maximum absolute atomic E-state index is 11.8. The van der Waals surface area contributed by atoms with E-state index in [0.717, 1.165) is 12.8 Å². The van der Waals surface area contributed by atoms with Crippen LogP contribution in [0.25, 0.3) is 0 Å². The molecule has 1 aromatic rings. The highest BCUT2D eigenvalue weighted by molar-refractivity contribution is 5.91. The summed E-state index contributed by atoms with van der Waals surface area (Å²) in [4.78, 5) is 23.4.